The number of hydrogen-bond donors (Lipinski definition) is 0. The number of carbonyl (C=O) groups is 1. The molecule has 0 aliphatic rings. The molecule has 0 N–H and O–H groups in total. The Morgan fingerprint density at radius 3 is 2.81 bits per heavy atom. The SMILES string of the molecule is C=CCOc1cc(C)c(C(=O)OC)cc1I. The van der Waals surface area contributed by atoms with E-state index >= 15 is 0 Å². The van der Waals surface area contributed by atoms with Crippen LogP contribution in [0.4, 0.5) is 0 Å². The van der Waals surface area contributed by atoms with Gasteiger partial charge in [0.2, 0.25) is 0 Å². The van der Waals surface area contributed by atoms with Gasteiger partial charge in [-0.25, -0.2) is 4.79 Å². The third-order valence-corrected chi connectivity index (χ3v) is 2.88. The molecule has 0 aliphatic heterocycles. The number of aryl methyl sites for hydroxylation is 1. The van der Waals surface area contributed by atoms with E-state index in [1.807, 2.05) is 13.0 Å². The lowest BCUT2D eigenvalue weighted by atomic mass is 10.1. The van der Waals surface area contributed by atoms with Crippen molar-refractivity contribution in [3.8, 4) is 5.75 Å². The van der Waals surface area contributed by atoms with Gasteiger partial charge in [0.15, 0.2) is 0 Å². The summed E-state index contributed by atoms with van der Waals surface area (Å²) in [7, 11) is 1.37. The van der Waals surface area contributed by atoms with Crippen molar-refractivity contribution in [2.24, 2.45) is 0 Å². The number of benzene rings is 1. The summed E-state index contributed by atoms with van der Waals surface area (Å²) in [6.07, 6.45) is 1.68. The van der Waals surface area contributed by atoms with Crippen LogP contribution in [0.2, 0.25) is 0 Å². The topological polar surface area (TPSA) is 35.5 Å². The molecule has 0 atom stereocenters. The Bertz CT molecular complexity index is 413. The second kappa shape index (κ2) is 5.89. The molecular formula is C12H13IO3. The number of esters is 1. The van der Waals surface area contributed by atoms with E-state index in [0.29, 0.717) is 12.2 Å². The van der Waals surface area contributed by atoms with E-state index in [4.69, 9.17) is 9.47 Å². The minimum Gasteiger partial charge on any atom is -0.488 e. The lowest BCUT2D eigenvalue weighted by molar-refractivity contribution is 0.0600. The first-order valence-electron chi connectivity index (χ1n) is 4.72. The molecule has 0 bridgehead atoms. The molecule has 0 fully saturated rings. The van der Waals surface area contributed by atoms with Crippen LogP contribution in [-0.2, 0) is 4.74 Å². The average molecular weight is 332 g/mol. The van der Waals surface area contributed by atoms with Gasteiger partial charge in [0.05, 0.1) is 16.2 Å². The summed E-state index contributed by atoms with van der Waals surface area (Å²) >= 11 is 2.12. The quantitative estimate of drug-likeness (QED) is 0.483. The Hall–Kier alpha value is -1.04. The van der Waals surface area contributed by atoms with Crippen LogP contribution in [-0.4, -0.2) is 19.7 Å². The van der Waals surface area contributed by atoms with Crippen LogP contribution < -0.4 is 4.74 Å². The maximum atomic E-state index is 11.4. The molecule has 0 aromatic heterocycles. The van der Waals surface area contributed by atoms with E-state index in [0.717, 1.165) is 14.9 Å². The summed E-state index contributed by atoms with van der Waals surface area (Å²) in [5, 5.41) is 0. The summed E-state index contributed by atoms with van der Waals surface area (Å²) < 4.78 is 11.0. The summed E-state index contributed by atoms with van der Waals surface area (Å²) in [5.41, 5.74) is 1.41. The van der Waals surface area contributed by atoms with Gasteiger partial charge in [-0.2, -0.15) is 0 Å². The van der Waals surface area contributed by atoms with Gasteiger partial charge >= 0.3 is 5.97 Å². The first-order valence-corrected chi connectivity index (χ1v) is 5.80. The maximum absolute atomic E-state index is 11.4. The lowest BCUT2D eigenvalue weighted by Gasteiger charge is -2.10. The summed E-state index contributed by atoms with van der Waals surface area (Å²) in [6, 6.07) is 3.59. The summed E-state index contributed by atoms with van der Waals surface area (Å²) in [4.78, 5) is 11.4. The smallest absolute Gasteiger partial charge is 0.338 e. The van der Waals surface area contributed by atoms with E-state index in [1.54, 1.807) is 12.1 Å². The summed E-state index contributed by atoms with van der Waals surface area (Å²) in [5.74, 6) is 0.427. The number of ether oxygens (including phenoxy) is 2. The van der Waals surface area contributed by atoms with Crippen molar-refractivity contribution in [3.63, 3.8) is 0 Å². The standard InChI is InChI=1S/C12H13IO3/c1-4-5-16-11-6-8(2)9(7-10(11)13)12(14)15-3/h4,6-7H,1,5H2,2-3H3. The number of carbonyl (C=O) groups excluding carboxylic acids is 1. The lowest BCUT2D eigenvalue weighted by Crippen LogP contribution is -2.05. The molecule has 0 aliphatic carbocycles. The van der Waals surface area contributed by atoms with E-state index in [1.165, 1.54) is 7.11 Å². The molecule has 0 radical (unpaired) electrons. The Morgan fingerprint density at radius 2 is 2.25 bits per heavy atom. The molecule has 16 heavy (non-hydrogen) atoms. The van der Waals surface area contributed by atoms with Crippen LogP contribution in [0.25, 0.3) is 0 Å². The Morgan fingerprint density at radius 1 is 1.56 bits per heavy atom. The number of halogens is 1. The Kier molecular flexibility index (Phi) is 4.79. The van der Waals surface area contributed by atoms with E-state index < -0.39 is 0 Å². The fourth-order valence-electron chi connectivity index (χ4n) is 1.24. The van der Waals surface area contributed by atoms with Crippen LogP contribution in [0.3, 0.4) is 0 Å². The van der Waals surface area contributed by atoms with Crippen molar-refractivity contribution in [2.45, 2.75) is 6.92 Å². The van der Waals surface area contributed by atoms with Gasteiger partial charge in [-0.05, 0) is 47.2 Å². The molecule has 3 nitrogen and oxygen atoms in total. The first kappa shape index (κ1) is 13.0. The highest BCUT2D eigenvalue weighted by atomic mass is 127. The zero-order valence-corrected chi connectivity index (χ0v) is 11.4. The van der Waals surface area contributed by atoms with Crippen molar-refractivity contribution < 1.29 is 14.3 Å². The third-order valence-electron chi connectivity index (χ3n) is 2.04. The zero-order valence-electron chi connectivity index (χ0n) is 9.25. The highest BCUT2D eigenvalue weighted by Gasteiger charge is 2.12. The van der Waals surface area contributed by atoms with Gasteiger partial charge in [0.1, 0.15) is 12.4 Å². The monoisotopic (exact) mass is 332 g/mol. The minimum atomic E-state index is -0.328. The minimum absolute atomic E-state index is 0.328. The molecule has 0 spiro atoms. The van der Waals surface area contributed by atoms with Gasteiger partial charge < -0.3 is 9.47 Å². The van der Waals surface area contributed by atoms with E-state index in [-0.39, 0.29) is 5.97 Å². The van der Waals surface area contributed by atoms with Gasteiger partial charge in [0, 0.05) is 0 Å². The van der Waals surface area contributed by atoms with Crippen molar-refractivity contribution in [3.05, 3.63) is 39.5 Å². The molecule has 1 aromatic rings. The fourth-order valence-corrected chi connectivity index (χ4v) is 1.87. The second-order valence-electron chi connectivity index (χ2n) is 3.19. The number of hydrogen-bond acceptors (Lipinski definition) is 3. The van der Waals surface area contributed by atoms with Crippen molar-refractivity contribution in [1.29, 1.82) is 0 Å². The van der Waals surface area contributed by atoms with Gasteiger partial charge in [-0.15, -0.1) is 0 Å². The molecule has 86 valence electrons. The van der Waals surface area contributed by atoms with Crippen LogP contribution in [0, 0.1) is 10.5 Å². The van der Waals surface area contributed by atoms with E-state index in [9.17, 15) is 4.79 Å². The van der Waals surface area contributed by atoms with Crippen LogP contribution in [0.1, 0.15) is 15.9 Å². The number of methoxy groups -OCH3 is 1. The maximum Gasteiger partial charge on any atom is 0.338 e. The first-order chi connectivity index (χ1) is 7.60. The summed E-state index contributed by atoms with van der Waals surface area (Å²) in [6.45, 7) is 5.89. The second-order valence-corrected chi connectivity index (χ2v) is 4.35. The molecule has 0 heterocycles. The third kappa shape index (κ3) is 2.98. The van der Waals surface area contributed by atoms with Crippen molar-refractivity contribution in [2.75, 3.05) is 13.7 Å². The van der Waals surface area contributed by atoms with Crippen LogP contribution in [0.5, 0.6) is 5.75 Å². The van der Waals surface area contributed by atoms with Gasteiger partial charge in [-0.3, -0.25) is 0 Å². The molecule has 4 heteroatoms. The van der Waals surface area contributed by atoms with E-state index in [2.05, 4.69) is 29.2 Å². The largest absolute Gasteiger partial charge is 0.488 e. The molecule has 0 unspecified atom stereocenters. The molecule has 0 saturated heterocycles. The Labute approximate surface area is 109 Å². The highest BCUT2D eigenvalue weighted by Crippen LogP contribution is 2.25. The number of rotatable bonds is 4. The van der Waals surface area contributed by atoms with Gasteiger partial charge in [-0.1, -0.05) is 12.7 Å². The predicted molar refractivity (Wildman–Crippen MR) is 70.9 cm³/mol. The van der Waals surface area contributed by atoms with Crippen molar-refractivity contribution in [1.82, 2.24) is 0 Å². The van der Waals surface area contributed by atoms with Crippen molar-refractivity contribution >= 4 is 28.6 Å². The Balaban J connectivity index is 3.06. The average Bonchev–Trinajstić information content (AvgIpc) is 2.28. The molecule has 0 saturated carbocycles. The predicted octanol–water partition coefficient (Wildman–Crippen LogP) is 2.95. The highest BCUT2D eigenvalue weighted by molar-refractivity contribution is 14.1. The van der Waals surface area contributed by atoms with Crippen LogP contribution in [0.15, 0.2) is 24.8 Å². The molecule has 0 amide bonds. The molecule has 1 aromatic carbocycles. The molecular weight excluding hydrogens is 319 g/mol. The molecule has 1 rings (SSSR count). The normalized spacial score (nSPS) is 9.69. The van der Waals surface area contributed by atoms with Gasteiger partial charge in [0.25, 0.3) is 0 Å². The van der Waals surface area contributed by atoms with Crippen LogP contribution >= 0.6 is 22.6 Å². The zero-order chi connectivity index (χ0) is 12.1. The fraction of sp³-hybridized carbons (Fsp3) is 0.250.